The summed E-state index contributed by atoms with van der Waals surface area (Å²) in [6, 6.07) is 11.0. The Morgan fingerprint density at radius 1 is 0.765 bits per heavy atom. The van der Waals surface area contributed by atoms with E-state index in [0.29, 0.717) is 0 Å². The van der Waals surface area contributed by atoms with Gasteiger partial charge in [-0.2, -0.15) is 0 Å². The second kappa shape index (κ2) is 4.94. The molecule has 17 heavy (non-hydrogen) atoms. The van der Waals surface area contributed by atoms with Crippen molar-refractivity contribution in [3.05, 3.63) is 75.5 Å². The van der Waals surface area contributed by atoms with Crippen LogP contribution in [0.4, 0.5) is 0 Å². The fraction of sp³-hybridized carbons (Fsp3) is 0.125. The van der Waals surface area contributed by atoms with Crippen LogP contribution in [0, 0.1) is 0 Å². The molecule has 0 amide bonds. The molecule has 1 heteroatoms. The second-order valence-electron chi connectivity index (χ2n) is 4.21. The van der Waals surface area contributed by atoms with E-state index in [9.17, 15) is 0 Å². The summed E-state index contributed by atoms with van der Waals surface area (Å²) in [6.45, 7) is 0. The van der Waals surface area contributed by atoms with Gasteiger partial charge in [-0.05, 0) is 0 Å². The number of hydrogen-bond acceptors (Lipinski definition) is 0. The van der Waals surface area contributed by atoms with Gasteiger partial charge in [0.25, 0.3) is 0 Å². The topological polar surface area (TPSA) is 0 Å². The van der Waals surface area contributed by atoms with Crippen LogP contribution in [0.5, 0.6) is 0 Å². The van der Waals surface area contributed by atoms with Crippen LogP contribution in [0.3, 0.4) is 0 Å². The molecule has 0 spiro atoms. The Bertz CT molecular complexity index is 488. The zero-order valence-electron chi connectivity index (χ0n) is 9.71. The molecule has 84 valence electrons. The van der Waals surface area contributed by atoms with Crippen molar-refractivity contribution >= 4 is 19.0 Å². The maximum absolute atomic E-state index is 2.40. The molecule has 0 radical (unpaired) electrons. The molecule has 2 aliphatic carbocycles. The van der Waals surface area contributed by atoms with Gasteiger partial charge in [0.1, 0.15) is 0 Å². The minimum atomic E-state index is -1.23. The molecule has 0 atom stereocenters. The Balaban J connectivity index is 2.02. The van der Waals surface area contributed by atoms with Crippen LogP contribution in [0.1, 0.15) is 12.8 Å². The molecule has 2 aliphatic rings. The molecular formula is C16H15As. The summed E-state index contributed by atoms with van der Waals surface area (Å²) in [5.41, 5.74) is 0. The van der Waals surface area contributed by atoms with Crippen LogP contribution in [0.25, 0.3) is 0 Å². The van der Waals surface area contributed by atoms with Crippen molar-refractivity contribution in [3.8, 4) is 0 Å². The molecule has 0 N–H and O–H groups in total. The average Bonchev–Trinajstić information content (AvgIpc) is 3.04. The molecule has 3 rings (SSSR count). The standard InChI is InChI=1S/C16H15As/c1-2-8-14(9-3-1)17(15-10-4-5-11-15)16-12-6-7-13-16/h1-4,6,8-13H,5,7H2. The van der Waals surface area contributed by atoms with Crippen LogP contribution in [0.15, 0.2) is 75.5 Å². The summed E-state index contributed by atoms with van der Waals surface area (Å²) in [7, 11) is 0. The van der Waals surface area contributed by atoms with Crippen LogP contribution < -0.4 is 4.35 Å². The van der Waals surface area contributed by atoms with E-state index >= 15 is 0 Å². The molecule has 0 aromatic heterocycles. The van der Waals surface area contributed by atoms with Crippen molar-refractivity contribution in [3.63, 3.8) is 0 Å². The molecule has 0 nitrogen and oxygen atoms in total. The van der Waals surface area contributed by atoms with E-state index in [1.54, 1.807) is 8.72 Å². The van der Waals surface area contributed by atoms with Gasteiger partial charge in [-0.25, -0.2) is 0 Å². The Morgan fingerprint density at radius 3 is 1.82 bits per heavy atom. The van der Waals surface area contributed by atoms with E-state index in [1.807, 2.05) is 0 Å². The van der Waals surface area contributed by atoms with E-state index in [0.717, 1.165) is 12.8 Å². The van der Waals surface area contributed by atoms with Crippen LogP contribution in [0.2, 0.25) is 0 Å². The Labute approximate surface area is 107 Å². The van der Waals surface area contributed by atoms with Gasteiger partial charge in [0.2, 0.25) is 0 Å². The summed E-state index contributed by atoms with van der Waals surface area (Å²) in [6.07, 6.45) is 16.3. The van der Waals surface area contributed by atoms with Gasteiger partial charge >= 0.3 is 107 Å². The average molecular weight is 282 g/mol. The number of allylic oxidation sites excluding steroid dienone is 8. The molecule has 0 unspecified atom stereocenters. The van der Waals surface area contributed by atoms with Crippen molar-refractivity contribution in [1.29, 1.82) is 0 Å². The summed E-state index contributed by atoms with van der Waals surface area (Å²) < 4.78 is 4.71. The van der Waals surface area contributed by atoms with Gasteiger partial charge in [-0.3, -0.25) is 0 Å². The van der Waals surface area contributed by atoms with Crippen molar-refractivity contribution < 1.29 is 0 Å². The van der Waals surface area contributed by atoms with Gasteiger partial charge in [0.05, 0.1) is 0 Å². The first-order chi connectivity index (χ1) is 8.45. The quantitative estimate of drug-likeness (QED) is 0.747. The summed E-state index contributed by atoms with van der Waals surface area (Å²) in [4.78, 5) is 0. The van der Waals surface area contributed by atoms with Crippen LogP contribution in [-0.4, -0.2) is 14.7 Å². The zero-order valence-corrected chi connectivity index (χ0v) is 11.6. The Kier molecular flexibility index (Phi) is 3.16. The third-order valence-electron chi connectivity index (χ3n) is 3.03. The van der Waals surface area contributed by atoms with Gasteiger partial charge in [-0.15, -0.1) is 0 Å². The van der Waals surface area contributed by atoms with Crippen molar-refractivity contribution in [2.75, 3.05) is 0 Å². The Morgan fingerprint density at radius 2 is 1.35 bits per heavy atom. The third-order valence-corrected chi connectivity index (χ3v) is 8.30. The van der Waals surface area contributed by atoms with Crippen molar-refractivity contribution in [1.82, 2.24) is 0 Å². The van der Waals surface area contributed by atoms with Gasteiger partial charge in [0, 0.05) is 0 Å². The summed E-state index contributed by atoms with van der Waals surface area (Å²) in [5, 5.41) is 0. The predicted octanol–water partition coefficient (Wildman–Crippen LogP) is 3.24. The fourth-order valence-electron chi connectivity index (χ4n) is 2.25. The van der Waals surface area contributed by atoms with E-state index in [1.165, 1.54) is 4.35 Å². The third kappa shape index (κ3) is 2.23. The van der Waals surface area contributed by atoms with Gasteiger partial charge < -0.3 is 0 Å². The van der Waals surface area contributed by atoms with E-state index < -0.39 is 14.7 Å². The SMILES string of the molecule is C1=CC([As](C2=CCC=C2)c2ccccc2)=CC1. The Hall–Kier alpha value is -1.26. The van der Waals surface area contributed by atoms with Crippen molar-refractivity contribution in [2.24, 2.45) is 0 Å². The fourth-order valence-corrected chi connectivity index (χ4v) is 7.39. The molecule has 1 aromatic rings. The first kappa shape index (κ1) is 10.9. The number of rotatable bonds is 3. The summed E-state index contributed by atoms with van der Waals surface area (Å²) >= 11 is -1.23. The second-order valence-corrected chi connectivity index (χ2v) is 8.86. The van der Waals surface area contributed by atoms with Crippen LogP contribution in [-0.2, 0) is 0 Å². The molecule has 0 fully saturated rings. The van der Waals surface area contributed by atoms with Crippen molar-refractivity contribution in [2.45, 2.75) is 12.8 Å². The van der Waals surface area contributed by atoms with E-state index in [4.69, 9.17) is 0 Å². The first-order valence-corrected chi connectivity index (χ1v) is 8.85. The molecule has 0 heterocycles. The number of hydrogen-bond donors (Lipinski definition) is 0. The zero-order chi connectivity index (χ0) is 11.5. The summed E-state index contributed by atoms with van der Waals surface area (Å²) in [5.74, 6) is 0. The normalized spacial score (nSPS) is 17.7. The monoisotopic (exact) mass is 282 g/mol. The minimum absolute atomic E-state index is 1.12. The van der Waals surface area contributed by atoms with E-state index in [2.05, 4.69) is 66.8 Å². The maximum atomic E-state index is 2.40. The van der Waals surface area contributed by atoms with E-state index in [-0.39, 0.29) is 0 Å². The predicted molar refractivity (Wildman–Crippen MR) is 75.5 cm³/mol. The molecule has 0 aliphatic heterocycles. The number of benzene rings is 1. The van der Waals surface area contributed by atoms with Gasteiger partial charge in [0.15, 0.2) is 0 Å². The molecule has 1 aromatic carbocycles. The van der Waals surface area contributed by atoms with Gasteiger partial charge in [-0.1, -0.05) is 0 Å². The van der Waals surface area contributed by atoms with Crippen LogP contribution >= 0.6 is 0 Å². The molecule has 0 saturated heterocycles. The molecular weight excluding hydrogens is 267 g/mol. The first-order valence-electron chi connectivity index (χ1n) is 6.04. The molecule has 0 bridgehead atoms. The molecule has 0 saturated carbocycles.